The SMILES string of the molecule is Cc1ccc(F)cc1CNC(CS(=O)(=O)N(C)C)C(F)(F)F. The summed E-state index contributed by atoms with van der Waals surface area (Å²) < 4.78 is 76.1. The topological polar surface area (TPSA) is 49.4 Å². The first-order valence-electron chi connectivity index (χ1n) is 6.39. The van der Waals surface area contributed by atoms with Gasteiger partial charge in [0.25, 0.3) is 0 Å². The first kappa shape index (κ1) is 18.9. The molecule has 1 aromatic rings. The highest BCUT2D eigenvalue weighted by atomic mass is 32.2. The lowest BCUT2D eigenvalue weighted by molar-refractivity contribution is -0.151. The van der Waals surface area contributed by atoms with E-state index in [0.29, 0.717) is 11.1 Å². The predicted molar refractivity (Wildman–Crippen MR) is 75.3 cm³/mol. The number of nitrogens with zero attached hydrogens (tertiary/aromatic N) is 1. The standard InChI is InChI=1S/C13H18F4N2O2S/c1-9-4-5-11(14)6-10(9)7-18-12(13(15,16)17)8-22(20,21)19(2)3/h4-6,12,18H,7-8H2,1-3H3. The quantitative estimate of drug-likeness (QED) is 0.805. The van der Waals surface area contributed by atoms with Crippen LogP contribution in [0.2, 0.25) is 0 Å². The maximum Gasteiger partial charge on any atom is 0.404 e. The second kappa shape index (κ2) is 6.93. The van der Waals surface area contributed by atoms with Gasteiger partial charge in [-0.2, -0.15) is 13.2 Å². The number of rotatable bonds is 6. The molecule has 1 unspecified atom stereocenters. The summed E-state index contributed by atoms with van der Waals surface area (Å²) in [5.41, 5.74) is 0.960. The molecule has 22 heavy (non-hydrogen) atoms. The molecule has 0 aromatic heterocycles. The smallest absolute Gasteiger partial charge is 0.301 e. The number of hydrogen-bond donors (Lipinski definition) is 1. The third-order valence-corrected chi connectivity index (χ3v) is 5.05. The molecule has 1 rings (SSSR count). The van der Waals surface area contributed by atoms with Gasteiger partial charge in [0, 0.05) is 20.6 Å². The van der Waals surface area contributed by atoms with Crippen LogP contribution >= 0.6 is 0 Å². The molecule has 9 heteroatoms. The van der Waals surface area contributed by atoms with Crippen LogP contribution in [0.4, 0.5) is 17.6 Å². The Labute approximate surface area is 127 Å². The third-order valence-electron chi connectivity index (χ3n) is 3.18. The molecule has 0 spiro atoms. The monoisotopic (exact) mass is 342 g/mol. The zero-order valence-corrected chi connectivity index (χ0v) is 13.2. The van der Waals surface area contributed by atoms with Gasteiger partial charge in [-0.15, -0.1) is 0 Å². The van der Waals surface area contributed by atoms with Crippen LogP contribution in [0.5, 0.6) is 0 Å². The second-order valence-electron chi connectivity index (χ2n) is 5.11. The van der Waals surface area contributed by atoms with E-state index in [-0.39, 0.29) is 6.54 Å². The largest absolute Gasteiger partial charge is 0.404 e. The van der Waals surface area contributed by atoms with Crippen molar-refractivity contribution in [3.63, 3.8) is 0 Å². The van der Waals surface area contributed by atoms with E-state index in [2.05, 4.69) is 5.32 Å². The highest BCUT2D eigenvalue weighted by Gasteiger charge is 2.42. The minimum absolute atomic E-state index is 0.281. The number of hydrogen-bond acceptors (Lipinski definition) is 3. The molecule has 0 amide bonds. The highest BCUT2D eigenvalue weighted by Crippen LogP contribution is 2.23. The van der Waals surface area contributed by atoms with Crippen LogP contribution in [0.25, 0.3) is 0 Å². The van der Waals surface area contributed by atoms with E-state index >= 15 is 0 Å². The van der Waals surface area contributed by atoms with Crippen LogP contribution in [0.3, 0.4) is 0 Å². The summed E-state index contributed by atoms with van der Waals surface area (Å²) in [5.74, 6) is -1.68. The van der Waals surface area contributed by atoms with Crippen LogP contribution in [0.1, 0.15) is 11.1 Å². The fourth-order valence-electron chi connectivity index (χ4n) is 1.69. The normalized spacial score (nSPS) is 14.4. The summed E-state index contributed by atoms with van der Waals surface area (Å²) in [6, 6.07) is 1.54. The van der Waals surface area contributed by atoms with E-state index in [1.54, 1.807) is 6.92 Å². The lowest BCUT2D eigenvalue weighted by Gasteiger charge is -2.23. The first-order chi connectivity index (χ1) is 9.93. The molecule has 1 N–H and O–H groups in total. The third kappa shape index (κ3) is 5.22. The molecular formula is C13H18F4N2O2S. The summed E-state index contributed by atoms with van der Waals surface area (Å²) >= 11 is 0. The van der Waals surface area contributed by atoms with E-state index in [9.17, 15) is 26.0 Å². The van der Waals surface area contributed by atoms with Crippen LogP contribution in [0, 0.1) is 12.7 Å². The van der Waals surface area contributed by atoms with E-state index in [0.717, 1.165) is 10.4 Å². The number of alkyl halides is 3. The minimum Gasteiger partial charge on any atom is -0.301 e. The number of nitrogens with one attached hydrogen (secondary N) is 1. The predicted octanol–water partition coefficient (Wildman–Crippen LogP) is 2.05. The maximum absolute atomic E-state index is 13.1. The molecule has 0 aliphatic carbocycles. The van der Waals surface area contributed by atoms with Crippen molar-refractivity contribution in [1.29, 1.82) is 0 Å². The molecule has 0 fully saturated rings. The van der Waals surface area contributed by atoms with Crippen LogP contribution in [-0.2, 0) is 16.6 Å². The average molecular weight is 342 g/mol. The summed E-state index contributed by atoms with van der Waals surface area (Å²) in [6.07, 6.45) is -4.73. The van der Waals surface area contributed by atoms with Crippen LogP contribution < -0.4 is 5.32 Å². The van der Waals surface area contributed by atoms with E-state index in [1.165, 1.54) is 26.2 Å². The van der Waals surface area contributed by atoms with Crippen molar-refractivity contribution in [2.24, 2.45) is 0 Å². The Kier molecular flexibility index (Phi) is 5.94. The van der Waals surface area contributed by atoms with Gasteiger partial charge >= 0.3 is 6.18 Å². The van der Waals surface area contributed by atoms with Crippen LogP contribution in [0.15, 0.2) is 18.2 Å². The van der Waals surface area contributed by atoms with Crippen molar-refractivity contribution in [2.75, 3.05) is 19.8 Å². The van der Waals surface area contributed by atoms with Gasteiger partial charge in [-0.1, -0.05) is 6.07 Å². The first-order valence-corrected chi connectivity index (χ1v) is 7.99. The molecule has 0 radical (unpaired) electrons. The molecule has 126 valence electrons. The van der Waals surface area contributed by atoms with Gasteiger partial charge in [0.15, 0.2) is 0 Å². The molecule has 4 nitrogen and oxygen atoms in total. The van der Waals surface area contributed by atoms with E-state index in [4.69, 9.17) is 0 Å². The number of sulfonamides is 1. The van der Waals surface area contributed by atoms with Gasteiger partial charge < -0.3 is 5.32 Å². The summed E-state index contributed by atoms with van der Waals surface area (Å²) in [4.78, 5) is 0. The Morgan fingerprint density at radius 2 is 1.86 bits per heavy atom. The maximum atomic E-state index is 13.1. The van der Waals surface area contributed by atoms with Gasteiger partial charge in [-0.3, -0.25) is 0 Å². The fraction of sp³-hybridized carbons (Fsp3) is 0.538. The summed E-state index contributed by atoms with van der Waals surface area (Å²) in [5, 5.41) is 2.16. The van der Waals surface area contributed by atoms with Crippen molar-refractivity contribution in [2.45, 2.75) is 25.7 Å². The van der Waals surface area contributed by atoms with Gasteiger partial charge in [0.1, 0.15) is 11.9 Å². The lowest BCUT2D eigenvalue weighted by atomic mass is 10.1. The molecule has 1 aromatic carbocycles. The zero-order chi connectivity index (χ0) is 17.1. The number of benzene rings is 1. The van der Waals surface area contributed by atoms with Gasteiger partial charge in [0.2, 0.25) is 10.0 Å². The molecule has 1 atom stereocenters. The Bertz CT molecular complexity index is 615. The highest BCUT2D eigenvalue weighted by molar-refractivity contribution is 7.89. The number of aryl methyl sites for hydroxylation is 1. The number of halogens is 4. The van der Waals surface area contributed by atoms with Crippen molar-refractivity contribution >= 4 is 10.0 Å². The Balaban J connectivity index is 2.90. The Morgan fingerprint density at radius 1 is 1.27 bits per heavy atom. The van der Waals surface area contributed by atoms with E-state index in [1.807, 2.05) is 0 Å². The van der Waals surface area contributed by atoms with Crippen molar-refractivity contribution < 1.29 is 26.0 Å². The molecule has 0 aliphatic heterocycles. The molecule has 0 saturated heterocycles. The van der Waals surface area contributed by atoms with Gasteiger partial charge in [-0.25, -0.2) is 17.1 Å². The average Bonchev–Trinajstić information content (AvgIpc) is 2.36. The van der Waals surface area contributed by atoms with E-state index < -0.39 is 33.8 Å². The minimum atomic E-state index is -4.73. The Morgan fingerprint density at radius 3 is 2.36 bits per heavy atom. The van der Waals surface area contributed by atoms with Crippen LogP contribution in [-0.4, -0.2) is 44.8 Å². The second-order valence-corrected chi connectivity index (χ2v) is 7.33. The molecule has 0 heterocycles. The molecule has 0 aliphatic rings. The molecular weight excluding hydrogens is 324 g/mol. The summed E-state index contributed by atoms with van der Waals surface area (Å²) in [6.45, 7) is 1.35. The van der Waals surface area contributed by atoms with Gasteiger partial charge in [-0.05, 0) is 30.2 Å². The van der Waals surface area contributed by atoms with Crippen molar-refractivity contribution in [3.05, 3.63) is 35.1 Å². The lowest BCUT2D eigenvalue weighted by Crippen LogP contribution is -2.48. The van der Waals surface area contributed by atoms with Crippen molar-refractivity contribution in [1.82, 2.24) is 9.62 Å². The molecule has 0 bridgehead atoms. The Hall–Kier alpha value is -1.19. The van der Waals surface area contributed by atoms with Gasteiger partial charge in [0.05, 0.1) is 5.75 Å². The zero-order valence-electron chi connectivity index (χ0n) is 12.4. The fourth-order valence-corrected chi connectivity index (χ4v) is 2.72. The summed E-state index contributed by atoms with van der Waals surface area (Å²) in [7, 11) is -1.69. The molecule has 0 saturated carbocycles. The van der Waals surface area contributed by atoms with Crippen molar-refractivity contribution in [3.8, 4) is 0 Å².